The van der Waals surface area contributed by atoms with Gasteiger partial charge in [-0.15, -0.1) is 0 Å². The molecule has 4 rings (SSSR count). The number of aliphatic hydroxyl groups excluding tert-OH is 1. The summed E-state index contributed by atoms with van der Waals surface area (Å²) in [5.74, 6) is 0.0151. The van der Waals surface area contributed by atoms with Crippen molar-refractivity contribution in [3.05, 3.63) is 23.5 Å². The van der Waals surface area contributed by atoms with E-state index in [4.69, 9.17) is 9.47 Å². The van der Waals surface area contributed by atoms with Crippen LogP contribution in [-0.2, 0) is 20.9 Å². The monoisotopic (exact) mass is 463 g/mol. The maximum absolute atomic E-state index is 14.4. The normalized spacial score (nSPS) is 20.1. The first-order chi connectivity index (χ1) is 16.1. The lowest BCUT2D eigenvalue weighted by atomic mass is 10.1. The van der Waals surface area contributed by atoms with Crippen LogP contribution in [0.4, 0.5) is 10.1 Å². The van der Waals surface area contributed by atoms with Crippen molar-refractivity contribution in [2.45, 2.75) is 44.7 Å². The van der Waals surface area contributed by atoms with Crippen LogP contribution in [-0.4, -0.2) is 78.3 Å². The predicted octanol–water partition coefficient (Wildman–Crippen LogP) is 0.812. The molecule has 3 aliphatic heterocycles. The lowest BCUT2D eigenvalue weighted by Crippen LogP contribution is -2.48. The fourth-order valence-electron chi connectivity index (χ4n) is 4.10. The second-order valence-electron chi connectivity index (χ2n) is 8.27. The number of ether oxygens (including phenoxy) is 2. The first-order valence-corrected chi connectivity index (χ1v) is 11.4. The highest BCUT2D eigenvalue weighted by atomic mass is 19.1. The van der Waals surface area contributed by atoms with Crippen molar-refractivity contribution in [1.82, 2.24) is 20.7 Å². The molecular weight excluding hydrogens is 433 g/mol. The predicted molar refractivity (Wildman–Crippen MR) is 117 cm³/mol. The number of hydrogen-bond acceptors (Lipinski definition) is 8. The molecule has 0 bridgehead atoms. The Balaban J connectivity index is 1.20. The smallest absolute Gasteiger partial charge is 0.251 e. The number of hydrazine groups is 1. The van der Waals surface area contributed by atoms with Crippen molar-refractivity contribution in [3.8, 4) is 5.75 Å². The van der Waals surface area contributed by atoms with E-state index in [1.807, 2.05) is 5.01 Å². The van der Waals surface area contributed by atoms with Gasteiger partial charge in [0, 0.05) is 25.1 Å². The standard InChI is InChI=1S/C22H30FN5O5/c23-16-6-7-18(20-15(16)13-28-17(14-29)21(31)25-22(28)24-20)33-10-4-2-1-3-5-19(30)26-27-8-11-32-12-9-27/h6-7,17,29H,1-5,8-14H2,(H,26,30)(H,24,25,31). The molecule has 11 heteroatoms. The Morgan fingerprint density at radius 2 is 2.06 bits per heavy atom. The summed E-state index contributed by atoms with van der Waals surface area (Å²) in [6, 6.07) is 2.11. The van der Waals surface area contributed by atoms with E-state index in [1.54, 1.807) is 11.0 Å². The van der Waals surface area contributed by atoms with Gasteiger partial charge >= 0.3 is 0 Å². The number of nitrogens with zero attached hydrogens (tertiary/aromatic N) is 3. The van der Waals surface area contributed by atoms with Crippen LogP contribution in [0.1, 0.15) is 37.7 Å². The average molecular weight is 464 g/mol. The molecule has 1 atom stereocenters. The number of aliphatic hydroxyl groups is 1. The Morgan fingerprint density at radius 1 is 1.27 bits per heavy atom. The Labute approximate surface area is 191 Å². The minimum absolute atomic E-state index is 0.0293. The Bertz CT molecular complexity index is 905. The molecule has 0 aliphatic carbocycles. The Kier molecular flexibility index (Phi) is 7.73. The molecule has 2 amide bonds. The van der Waals surface area contributed by atoms with Crippen LogP contribution in [0.15, 0.2) is 17.1 Å². The summed E-state index contributed by atoms with van der Waals surface area (Å²) in [4.78, 5) is 29.9. The fourth-order valence-corrected chi connectivity index (χ4v) is 4.10. The number of guanidine groups is 1. The van der Waals surface area contributed by atoms with Crippen LogP contribution >= 0.6 is 0 Å². The molecule has 1 aromatic carbocycles. The third-order valence-electron chi connectivity index (χ3n) is 5.94. The minimum atomic E-state index is -0.767. The van der Waals surface area contributed by atoms with Gasteiger partial charge in [0.15, 0.2) is 0 Å². The van der Waals surface area contributed by atoms with Crippen molar-refractivity contribution < 1.29 is 28.6 Å². The number of unbranched alkanes of at least 4 members (excludes halogenated alkanes) is 3. The number of nitrogens with one attached hydrogen (secondary N) is 2. The van der Waals surface area contributed by atoms with Crippen LogP contribution in [0.5, 0.6) is 5.75 Å². The van der Waals surface area contributed by atoms with Gasteiger partial charge in [0.2, 0.25) is 11.9 Å². The van der Waals surface area contributed by atoms with E-state index in [0.717, 1.165) is 25.7 Å². The number of morpholine rings is 1. The number of benzene rings is 1. The van der Waals surface area contributed by atoms with Gasteiger partial charge in [-0.1, -0.05) is 12.8 Å². The molecule has 33 heavy (non-hydrogen) atoms. The van der Waals surface area contributed by atoms with E-state index in [0.29, 0.717) is 62.3 Å². The second-order valence-corrected chi connectivity index (χ2v) is 8.27. The Hall–Kier alpha value is -2.76. The van der Waals surface area contributed by atoms with E-state index in [2.05, 4.69) is 15.7 Å². The van der Waals surface area contributed by atoms with E-state index in [9.17, 15) is 19.1 Å². The fraction of sp³-hybridized carbons (Fsp3) is 0.591. The lowest BCUT2D eigenvalue weighted by Gasteiger charge is -2.28. The van der Waals surface area contributed by atoms with Crippen LogP contribution < -0.4 is 15.5 Å². The summed E-state index contributed by atoms with van der Waals surface area (Å²) >= 11 is 0. The summed E-state index contributed by atoms with van der Waals surface area (Å²) < 4.78 is 25.5. The van der Waals surface area contributed by atoms with Crippen molar-refractivity contribution in [1.29, 1.82) is 0 Å². The van der Waals surface area contributed by atoms with Crippen LogP contribution in [0.2, 0.25) is 0 Å². The maximum Gasteiger partial charge on any atom is 0.251 e. The largest absolute Gasteiger partial charge is 0.491 e. The zero-order chi connectivity index (χ0) is 23.2. The van der Waals surface area contributed by atoms with Crippen LogP contribution in [0.3, 0.4) is 0 Å². The number of fused-ring (bicyclic) bond motifs is 2. The summed E-state index contributed by atoms with van der Waals surface area (Å²) in [5.41, 5.74) is 3.62. The highest BCUT2D eigenvalue weighted by Crippen LogP contribution is 2.38. The molecule has 10 nitrogen and oxygen atoms in total. The Morgan fingerprint density at radius 3 is 2.85 bits per heavy atom. The molecule has 0 aromatic heterocycles. The molecule has 2 fully saturated rings. The minimum Gasteiger partial charge on any atom is -0.491 e. The van der Waals surface area contributed by atoms with Gasteiger partial charge in [0.1, 0.15) is 23.3 Å². The molecule has 1 aromatic rings. The molecule has 180 valence electrons. The number of carbonyl (C=O) groups is 2. The lowest BCUT2D eigenvalue weighted by molar-refractivity contribution is -0.128. The number of carbonyl (C=O) groups excluding carboxylic acids is 2. The highest BCUT2D eigenvalue weighted by Gasteiger charge is 2.40. The van der Waals surface area contributed by atoms with Crippen LogP contribution in [0.25, 0.3) is 0 Å². The second kappa shape index (κ2) is 10.9. The van der Waals surface area contributed by atoms with E-state index < -0.39 is 11.9 Å². The zero-order valence-electron chi connectivity index (χ0n) is 18.5. The van der Waals surface area contributed by atoms with Gasteiger partial charge in [-0.3, -0.25) is 20.3 Å². The molecular formula is C22H30FN5O5. The third-order valence-corrected chi connectivity index (χ3v) is 5.94. The topological polar surface area (TPSA) is 116 Å². The van der Waals surface area contributed by atoms with Gasteiger partial charge in [0.25, 0.3) is 5.91 Å². The number of aliphatic imine (C=N–C) groups is 1. The van der Waals surface area contributed by atoms with Gasteiger partial charge in [-0.05, 0) is 25.0 Å². The van der Waals surface area contributed by atoms with Crippen molar-refractivity contribution in [2.75, 3.05) is 39.5 Å². The highest BCUT2D eigenvalue weighted by molar-refractivity contribution is 6.08. The van der Waals surface area contributed by atoms with Crippen LogP contribution in [0, 0.1) is 5.82 Å². The molecule has 1 unspecified atom stereocenters. The first-order valence-electron chi connectivity index (χ1n) is 11.4. The molecule has 0 radical (unpaired) electrons. The van der Waals surface area contributed by atoms with Gasteiger partial charge < -0.3 is 19.5 Å². The van der Waals surface area contributed by atoms with Gasteiger partial charge in [-0.25, -0.2) is 14.4 Å². The maximum atomic E-state index is 14.4. The molecule has 0 spiro atoms. The molecule has 3 heterocycles. The summed E-state index contributed by atoms with van der Waals surface area (Å²) in [6.45, 7) is 2.92. The zero-order valence-corrected chi connectivity index (χ0v) is 18.5. The van der Waals surface area contributed by atoms with Crippen molar-refractivity contribution in [2.24, 2.45) is 4.99 Å². The van der Waals surface area contributed by atoms with Gasteiger partial charge in [-0.2, -0.15) is 0 Å². The number of amides is 2. The van der Waals surface area contributed by atoms with Crippen molar-refractivity contribution >= 4 is 23.5 Å². The molecule has 3 N–H and O–H groups in total. The first kappa shape index (κ1) is 23.4. The van der Waals surface area contributed by atoms with Gasteiger partial charge in [0.05, 0.1) is 33.0 Å². The third kappa shape index (κ3) is 5.60. The van der Waals surface area contributed by atoms with E-state index >= 15 is 0 Å². The number of rotatable bonds is 10. The van der Waals surface area contributed by atoms with Crippen molar-refractivity contribution in [3.63, 3.8) is 0 Å². The summed E-state index contributed by atoms with van der Waals surface area (Å²) in [7, 11) is 0. The summed E-state index contributed by atoms with van der Waals surface area (Å²) in [6.07, 6.45) is 3.90. The SMILES string of the molecule is O=C(CCCCCCOc1ccc(F)c2c1N=C1NC(=O)C(CO)N1C2)NN1CCOCC1. The number of halogens is 1. The summed E-state index contributed by atoms with van der Waals surface area (Å²) in [5, 5.41) is 14.0. The van der Waals surface area contributed by atoms with E-state index in [1.165, 1.54) is 6.07 Å². The quantitative estimate of drug-likeness (QED) is 0.440. The molecule has 3 aliphatic rings. The average Bonchev–Trinajstić information content (AvgIpc) is 3.13. The molecule has 0 saturated carbocycles. The molecule has 2 saturated heterocycles. The van der Waals surface area contributed by atoms with E-state index in [-0.39, 0.29) is 25.0 Å². The number of hydrogen-bond donors (Lipinski definition) is 3.